The van der Waals surface area contributed by atoms with Gasteiger partial charge in [-0.3, -0.25) is 14.4 Å². The van der Waals surface area contributed by atoms with Gasteiger partial charge in [-0.15, -0.1) is 0 Å². The van der Waals surface area contributed by atoms with Crippen LogP contribution in [0.4, 0.5) is 0 Å². The van der Waals surface area contributed by atoms with Crippen LogP contribution in [-0.4, -0.2) is 38.8 Å². The molecule has 4 rings (SSSR count). The van der Waals surface area contributed by atoms with Gasteiger partial charge in [0, 0.05) is 43.9 Å². The van der Waals surface area contributed by atoms with Gasteiger partial charge in [0.05, 0.1) is 13.2 Å². The van der Waals surface area contributed by atoms with Gasteiger partial charge >= 0.3 is 0 Å². The molecule has 2 aromatic carbocycles. The zero-order valence-electron chi connectivity index (χ0n) is 17.3. The number of hydrogen-bond acceptors (Lipinski definition) is 4. The van der Waals surface area contributed by atoms with Gasteiger partial charge < -0.3 is 10.4 Å². The van der Waals surface area contributed by atoms with Crippen molar-refractivity contribution in [2.45, 2.75) is 39.5 Å². The monoisotopic (exact) mass is 404 g/mol. The molecule has 1 aliphatic heterocycles. The van der Waals surface area contributed by atoms with Gasteiger partial charge in [0.2, 0.25) is 0 Å². The van der Waals surface area contributed by atoms with Crippen molar-refractivity contribution < 1.29 is 9.90 Å². The molecule has 0 atom stereocenters. The summed E-state index contributed by atoms with van der Waals surface area (Å²) in [7, 11) is 0. The second-order valence-corrected chi connectivity index (χ2v) is 7.84. The molecule has 1 amide bonds. The summed E-state index contributed by atoms with van der Waals surface area (Å²) in [4.78, 5) is 15.3. The number of aliphatic hydroxyl groups excluding tert-OH is 1. The summed E-state index contributed by atoms with van der Waals surface area (Å²) >= 11 is 0. The van der Waals surface area contributed by atoms with Crippen LogP contribution in [0.15, 0.2) is 54.6 Å². The Balaban J connectivity index is 1.52. The first-order chi connectivity index (χ1) is 14.6. The minimum atomic E-state index is -0.163. The highest BCUT2D eigenvalue weighted by Gasteiger charge is 2.28. The van der Waals surface area contributed by atoms with Crippen molar-refractivity contribution in [3.8, 4) is 0 Å². The van der Waals surface area contributed by atoms with Gasteiger partial charge in [-0.05, 0) is 18.1 Å². The predicted octanol–water partition coefficient (Wildman–Crippen LogP) is 2.67. The lowest BCUT2D eigenvalue weighted by molar-refractivity contribution is 0.0942. The van der Waals surface area contributed by atoms with E-state index >= 15 is 0 Å². The Morgan fingerprint density at radius 1 is 1.10 bits per heavy atom. The SMILES string of the molecule is Cc1ccc(CN2CCc3c(c(C(=O)NCc4ccccc4)nn3CCO)C2)cc1. The molecule has 1 aliphatic rings. The third-order valence-corrected chi connectivity index (χ3v) is 5.56. The van der Waals surface area contributed by atoms with Crippen LogP contribution >= 0.6 is 0 Å². The third-order valence-electron chi connectivity index (χ3n) is 5.56. The molecule has 0 radical (unpaired) electrons. The Kier molecular flexibility index (Phi) is 6.26. The number of amides is 1. The van der Waals surface area contributed by atoms with Crippen LogP contribution in [0.1, 0.15) is 38.4 Å². The van der Waals surface area contributed by atoms with E-state index in [0.29, 0.717) is 25.3 Å². The van der Waals surface area contributed by atoms with Crippen molar-refractivity contribution in [2.24, 2.45) is 0 Å². The molecule has 0 unspecified atom stereocenters. The summed E-state index contributed by atoms with van der Waals surface area (Å²) in [5, 5.41) is 17.0. The fraction of sp³-hybridized carbons (Fsp3) is 0.333. The molecular formula is C24H28N4O2. The predicted molar refractivity (Wildman–Crippen MR) is 116 cm³/mol. The summed E-state index contributed by atoms with van der Waals surface area (Å²) in [6.07, 6.45) is 0.820. The Morgan fingerprint density at radius 3 is 2.60 bits per heavy atom. The lowest BCUT2D eigenvalue weighted by atomic mass is 10.0. The number of benzene rings is 2. The molecule has 0 bridgehead atoms. The summed E-state index contributed by atoms with van der Waals surface area (Å²) in [6, 6.07) is 18.4. The van der Waals surface area contributed by atoms with Crippen molar-refractivity contribution in [3.63, 3.8) is 0 Å². The van der Waals surface area contributed by atoms with Gasteiger partial charge in [-0.2, -0.15) is 5.10 Å². The molecule has 2 heterocycles. The highest BCUT2D eigenvalue weighted by molar-refractivity contribution is 5.94. The van der Waals surface area contributed by atoms with Gasteiger partial charge in [0.1, 0.15) is 0 Å². The van der Waals surface area contributed by atoms with Crippen molar-refractivity contribution in [1.29, 1.82) is 0 Å². The normalized spacial score (nSPS) is 13.8. The second-order valence-electron chi connectivity index (χ2n) is 7.84. The number of carbonyl (C=O) groups is 1. The van der Waals surface area contributed by atoms with Crippen LogP contribution in [0.25, 0.3) is 0 Å². The number of aliphatic hydroxyl groups is 1. The van der Waals surface area contributed by atoms with Gasteiger partial charge in [0.15, 0.2) is 5.69 Å². The third kappa shape index (κ3) is 4.61. The van der Waals surface area contributed by atoms with Crippen molar-refractivity contribution in [3.05, 3.63) is 88.2 Å². The molecular weight excluding hydrogens is 376 g/mol. The van der Waals surface area contributed by atoms with Crippen molar-refractivity contribution in [1.82, 2.24) is 20.0 Å². The first kappa shape index (κ1) is 20.3. The Bertz CT molecular complexity index is 996. The van der Waals surface area contributed by atoms with E-state index in [1.165, 1.54) is 11.1 Å². The Morgan fingerprint density at radius 2 is 1.87 bits per heavy atom. The number of nitrogens with one attached hydrogen (secondary N) is 1. The zero-order valence-corrected chi connectivity index (χ0v) is 17.3. The number of rotatable bonds is 7. The van der Waals surface area contributed by atoms with Crippen LogP contribution in [0.3, 0.4) is 0 Å². The summed E-state index contributed by atoms with van der Waals surface area (Å²) in [5.74, 6) is -0.163. The maximum atomic E-state index is 12.9. The van der Waals surface area contributed by atoms with Crippen molar-refractivity contribution in [2.75, 3.05) is 13.2 Å². The smallest absolute Gasteiger partial charge is 0.272 e. The molecule has 3 aromatic rings. The lowest BCUT2D eigenvalue weighted by Crippen LogP contribution is -2.32. The van der Waals surface area contributed by atoms with E-state index in [0.717, 1.165) is 36.3 Å². The summed E-state index contributed by atoms with van der Waals surface area (Å²) in [6.45, 7) is 5.40. The van der Waals surface area contributed by atoms with Gasteiger partial charge in [-0.1, -0.05) is 60.2 Å². The lowest BCUT2D eigenvalue weighted by Gasteiger charge is -2.27. The molecule has 30 heavy (non-hydrogen) atoms. The average molecular weight is 405 g/mol. The zero-order chi connectivity index (χ0) is 20.9. The van der Waals surface area contributed by atoms with E-state index in [-0.39, 0.29) is 12.5 Å². The van der Waals surface area contributed by atoms with E-state index in [1.54, 1.807) is 4.68 Å². The molecule has 6 nitrogen and oxygen atoms in total. The minimum Gasteiger partial charge on any atom is -0.394 e. The van der Waals surface area contributed by atoms with E-state index in [4.69, 9.17) is 0 Å². The molecule has 0 saturated heterocycles. The Labute approximate surface area is 177 Å². The summed E-state index contributed by atoms with van der Waals surface area (Å²) in [5.41, 5.74) is 6.09. The Hall–Kier alpha value is -2.96. The standard InChI is InChI=1S/C24H28N4O2/c1-18-7-9-20(10-8-18)16-27-12-11-22-21(17-27)23(26-28(22)13-14-29)24(30)25-15-19-5-3-2-4-6-19/h2-10,29H,11-17H2,1H3,(H,25,30). The first-order valence-electron chi connectivity index (χ1n) is 10.4. The molecule has 1 aromatic heterocycles. The quantitative estimate of drug-likeness (QED) is 0.635. The number of hydrogen-bond donors (Lipinski definition) is 2. The van der Waals surface area contributed by atoms with E-state index < -0.39 is 0 Å². The maximum Gasteiger partial charge on any atom is 0.272 e. The molecule has 0 aliphatic carbocycles. The van der Waals surface area contributed by atoms with Crippen LogP contribution in [0.5, 0.6) is 0 Å². The molecule has 156 valence electrons. The van der Waals surface area contributed by atoms with Crippen LogP contribution in [-0.2, 0) is 32.6 Å². The number of aryl methyl sites for hydroxylation is 1. The number of nitrogens with zero attached hydrogens (tertiary/aromatic N) is 3. The van der Waals surface area contributed by atoms with Crippen molar-refractivity contribution >= 4 is 5.91 Å². The highest BCUT2D eigenvalue weighted by Crippen LogP contribution is 2.24. The van der Waals surface area contributed by atoms with Crippen LogP contribution in [0, 0.1) is 6.92 Å². The minimum absolute atomic E-state index is 0.00623. The maximum absolute atomic E-state index is 12.9. The molecule has 0 fully saturated rings. The number of aromatic nitrogens is 2. The molecule has 2 N–H and O–H groups in total. The van der Waals surface area contributed by atoms with E-state index in [9.17, 15) is 9.90 Å². The molecule has 6 heteroatoms. The number of fused-ring (bicyclic) bond motifs is 1. The first-order valence-corrected chi connectivity index (χ1v) is 10.4. The largest absolute Gasteiger partial charge is 0.394 e. The average Bonchev–Trinajstić information content (AvgIpc) is 3.12. The highest BCUT2D eigenvalue weighted by atomic mass is 16.3. The van der Waals surface area contributed by atoms with Gasteiger partial charge in [0.25, 0.3) is 5.91 Å². The van der Waals surface area contributed by atoms with Gasteiger partial charge in [-0.25, -0.2) is 0 Å². The fourth-order valence-corrected chi connectivity index (χ4v) is 3.96. The van der Waals surface area contributed by atoms with Crippen LogP contribution < -0.4 is 5.32 Å². The molecule has 0 spiro atoms. The number of carbonyl (C=O) groups excluding carboxylic acids is 1. The van der Waals surface area contributed by atoms with Crippen LogP contribution in [0.2, 0.25) is 0 Å². The summed E-state index contributed by atoms with van der Waals surface area (Å²) < 4.78 is 1.80. The van der Waals surface area contributed by atoms with E-state index in [1.807, 2.05) is 30.3 Å². The fourth-order valence-electron chi connectivity index (χ4n) is 3.96. The topological polar surface area (TPSA) is 70.4 Å². The molecule has 0 saturated carbocycles. The van der Waals surface area contributed by atoms with E-state index in [2.05, 4.69) is 46.5 Å². The second kappa shape index (κ2) is 9.24.